The van der Waals surface area contributed by atoms with E-state index in [1.807, 2.05) is 11.3 Å². The Balaban J connectivity index is 1.98. The first kappa shape index (κ1) is 13.8. The Morgan fingerprint density at radius 1 is 1.05 bits per heavy atom. The smallest absolute Gasteiger partial charge is 0.0317 e. The largest absolute Gasteiger partial charge is 0.316 e. The lowest BCUT2D eigenvalue weighted by Crippen LogP contribution is -2.34. The molecule has 2 heterocycles. The van der Waals surface area contributed by atoms with Gasteiger partial charge < -0.3 is 5.32 Å². The van der Waals surface area contributed by atoms with E-state index in [-0.39, 0.29) is 0 Å². The second-order valence-corrected chi connectivity index (χ2v) is 7.52. The van der Waals surface area contributed by atoms with E-state index in [1.54, 1.807) is 0 Å². The molecule has 1 saturated heterocycles. The molecule has 0 saturated carbocycles. The summed E-state index contributed by atoms with van der Waals surface area (Å²) in [6, 6.07) is 10.8. The molecule has 1 aliphatic heterocycles. The predicted molar refractivity (Wildman–Crippen MR) is 89.1 cm³/mol. The van der Waals surface area contributed by atoms with Crippen molar-refractivity contribution in [2.24, 2.45) is 0 Å². The summed E-state index contributed by atoms with van der Waals surface area (Å²) in [5.74, 6) is 1.15. The Kier molecular flexibility index (Phi) is 4.42. The van der Waals surface area contributed by atoms with Crippen LogP contribution < -0.4 is 5.32 Å². The second kappa shape index (κ2) is 6.08. The van der Waals surface area contributed by atoms with Gasteiger partial charge in [0, 0.05) is 32.2 Å². The normalized spacial score (nSPS) is 23.5. The van der Waals surface area contributed by atoms with E-state index < -0.39 is 0 Å². The standard InChI is InChI=1S/C15H15Br2NS/c16-13-4-2-1-3-10(13)12-9-18-7-5-11(12)15-14(17)6-8-19-15/h1-4,6,8,11-12,18H,5,7,9H2. The quantitative estimate of drug-likeness (QED) is 0.736. The van der Waals surface area contributed by atoms with Crippen LogP contribution in [0.3, 0.4) is 0 Å². The summed E-state index contributed by atoms with van der Waals surface area (Å²) in [7, 11) is 0. The Labute approximate surface area is 134 Å². The van der Waals surface area contributed by atoms with Crippen LogP contribution in [-0.4, -0.2) is 13.1 Å². The number of hydrogen-bond donors (Lipinski definition) is 1. The molecular weight excluding hydrogens is 386 g/mol. The van der Waals surface area contributed by atoms with Crippen LogP contribution in [0.15, 0.2) is 44.7 Å². The van der Waals surface area contributed by atoms with E-state index in [9.17, 15) is 0 Å². The Bertz CT molecular complexity index is 567. The highest BCUT2D eigenvalue weighted by molar-refractivity contribution is 9.10. The van der Waals surface area contributed by atoms with Crippen molar-refractivity contribution < 1.29 is 0 Å². The first-order valence-electron chi connectivity index (χ1n) is 6.45. The summed E-state index contributed by atoms with van der Waals surface area (Å²) in [6.45, 7) is 2.16. The zero-order valence-electron chi connectivity index (χ0n) is 10.4. The van der Waals surface area contributed by atoms with Crippen molar-refractivity contribution in [3.05, 3.63) is 55.1 Å². The van der Waals surface area contributed by atoms with Gasteiger partial charge >= 0.3 is 0 Å². The first-order chi connectivity index (χ1) is 9.27. The Morgan fingerprint density at radius 2 is 1.89 bits per heavy atom. The molecule has 2 aromatic rings. The van der Waals surface area contributed by atoms with E-state index in [0.717, 1.165) is 13.1 Å². The van der Waals surface area contributed by atoms with Crippen LogP contribution in [-0.2, 0) is 0 Å². The molecule has 0 aliphatic carbocycles. The van der Waals surface area contributed by atoms with Gasteiger partial charge in [-0.1, -0.05) is 34.1 Å². The van der Waals surface area contributed by atoms with Crippen LogP contribution in [0.2, 0.25) is 0 Å². The third-order valence-corrected chi connectivity index (χ3v) is 6.49. The fourth-order valence-electron chi connectivity index (χ4n) is 2.84. The molecule has 4 heteroatoms. The van der Waals surface area contributed by atoms with Crippen molar-refractivity contribution >= 4 is 43.2 Å². The van der Waals surface area contributed by atoms with Gasteiger partial charge in [0.1, 0.15) is 0 Å². The van der Waals surface area contributed by atoms with Crippen LogP contribution in [0.5, 0.6) is 0 Å². The third-order valence-electron chi connectivity index (χ3n) is 3.77. The molecule has 1 N–H and O–H groups in total. The summed E-state index contributed by atoms with van der Waals surface area (Å²) >= 11 is 9.27. The topological polar surface area (TPSA) is 12.0 Å². The predicted octanol–water partition coefficient (Wildman–Crippen LogP) is 5.13. The van der Waals surface area contributed by atoms with Crippen molar-refractivity contribution in [1.29, 1.82) is 0 Å². The molecule has 1 fully saturated rings. The van der Waals surface area contributed by atoms with E-state index in [4.69, 9.17) is 0 Å². The van der Waals surface area contributed by atoms with Gasteiger partial charge in [-0.15, -0.1) is 11.3 Å². The molecule has 0 radical (unpaired) electrons. The molecule has 0 spiro atoms. The van der Waals surface area contributed by atoms with Gasteiger partial charge in [-0.3, -0.25) is 0 Å². The number of thiophene rings is 1. The van der Waals surface area contributed by atoms with Crippen molar-refractivity contribution in [3.8, 4) is 0 Å². The van der Waals surface area contributed by atoms with Crippen molar-refractivity contribution in [2.45, 2.75) is 18.3 Å². The van der Waals surface area contributed by atoms with Crippen LogP contribution in [0.25, 0.3) is 0 Å². The minimum absolute atomic E-state index is 0.541. The van der Waals surface area contributed by atoms with E-state index >= 15 is 0 Å². The molecule has 1 nitrogen and oxygen atoms in total. The van der Waals surface area contributed by atoms with Gasteiger partial charge in [-0.25, -0.2) is 0 Å². The number of halogens is 2. The SMILES string of the molecule is Brc1ccccc1C1CNCCC1c1sccc1Br. The molecule has 0 bridgehead atoms. The molecule has 3 rings (SSSR count). The highest BCUT2D eigenvalue weighted by Crippen LogP contribution is 2.44. The van der Waals surface area contributed by atoms with Crippen molar-refractivity contribution in [3.63, 3.8) is 0 Å². The lowest BCUT2D eigenvalue weighted by Gasteiger charge is -2.33. The Morgan fingerprint density at radius 3 is 2.63 bits per heavy atom. The van der Waals surface area contributed by atoms with E-state index in [1.165, 1.54) is 25.8 Å². The fraction of sp³-hybridized carbons (Fsp3) is 0.333. The number of benzene rings is 1. The number of rotatable bonds is 2. The van der Waals surface area contributed by atoms with Crippen LogP contribution >= 0.6 is 43.2 Å². The van der Waals surface area contributed by atoms with Gasteiger partial charge in [0.15, 0.2) is 0 Å². The molecule has 1 aromatic heterocycles. The zero-order valence-corrected chi connectivity index (χ0v) is 14.4. The monoisotopic (exact) mass is 399 g/mol. The lowest BCUT2D eigenvalue weighted by molar-refractivity contribution is 0.406. The first-order valence-corrected chi connectivity index (χ1v) is 8.92. The molecule has 100 valence electrons. The maximum atomic E-state index is 3.71. The van der Waals surface area contributed by atoms with Gasteiger partial charge in [0.2, 0.25) is 0 Å². The molecular formula is C15H15Br2NS. The molecule has 2 unspecified atom stereocenters. The average molecular weight is 401 g/mol. The number of piperidine rings is 1. The average Bonchev–Trinajstić information content (AvgIpc) is 2.86. The molecule has 19 heavy (non-hydrogen) atoms. The zero-order chi connectivity index (χ0) is 13.2. The second-order valence-electron chi connectivity index (χ2n) is 4.86. The van der Waals surface area contributed by atoms with Crippen LogP contribution in [0, 0.1) is 0 Å². The van der Waals surface area contributed by atoms with E-state index in [0.29, 0.717) is 11.8 Å². The van der Waals surface area contributed by atoms with E-state index in [2.05, 4.69) is 72.9 Å². The summed E-state index contributed by atoms with van der Waals surface area (Å²) < 4.78 is 2.49. The number of nitrogens with one attached hydrogen (secondary N) is 1. The Hall–Kier alpha value is -0.160. The van der Waals surface area contributed by atoms with Gasteiger partial charge in [0.05, 0.1) is 0 Å². The molecule has 1 aromatic carbocycles. The number of hydrogen-bond acceptors (Lipinski definition) is 2. The lowest BCUT2D eigenvalue weighted by atomic mass is 9.80. The summed E-state index contributed by atoms with van der Waals surface area (Å²) in [4.78, 5) is 1.49. The van der Waals surface area contributed by atoms with Crippen molar-refractivity contribution in [2.75, 3.05) is 13.1 Å². The molecule has 0 amide bonds. The highest BCUT2D eigenvalue weighted by Gasteiger charge is 2.30. The van der Waals surface area contributed by atoms with Gasteiger partial charge in [0.25, 0.3) is 0 Å². The highest BCUT2D eigenvalue weighted by atomic mass is 79.9. The molecule has 1 aliphatic rings. The van der Waals surface area contributed by atoms with Gasteiger partial charge in [-0.2, -0.15) is 0 Å². The summed E-state index contributed by atoms with van der Waals surface area (Å²) in [5, 5.41) is 5.72. The summed E-state index contributed by atoms with van der Waals surface area (Å²) in [6.07, 6.45) is 1.20. The maximum absolute atomic E-state index is 3.71. The third kappa shape index (κ3) is 2.82. The fourth-order valence-corrected chi connectivity index (χ4v) is 5.29. The summed E-state index contributed by atoms with van der Waals surface area (Å²) in [5.41, 5.74) is 1.42. The van der Waals surface area contributed by atoms with Crippen molar-refractivity contribution in [1.82, 2.24) is 5.32 Å². The minimum atomic E-state index is 0.541. The van der Waals surface area contributed by atoms with Gasteiger partial charge in [-0.05, 0) is 52.0 Å². The van der Waals surface area contributed by atoms with Crippen LogP contribution in [0.1, 0.15) is 28.7 Å². The van der Waals surface area contributed by atoms with Crippen LogP contribution in [0.4, 0.5) is 0 Å². The molecule has 2 atom stereocenters. The maximum Gasteiger partial charge on any atom is 0.0317 e. The minimum Gasteiger partial charge on any atom is -0.316 e.